The monoisotopic (exact) mass is 376 g/mol. The summed E-state index contributed by atoms with van der Waals surface area (Å²) in [4.78, 5) is 15.4. The second kappa shape index (κ2) is 9.74. The van der Waals surface area contributed by atoms with Crippen LogP contribution in [0.15, 0.2) is 30.3 Å². The third kappa shape index (κ3) is 4.27. The van der Waals surface area contributed by atoms with Crippen LogP contribution in [0.5, 0.6) is 0 Å². The standard InChI is InChI=1S/C20H28N4O.ClH/c1-3-5-13-24(18(4-2)15-9-7-6-8-10-15)20(25)19-16-14-21-12-11-17(16)22-23-19;/h6-10,18,21H,3-5,11-14H2,1-2H3,(H,22,23);1H. The zero-order chi connectivity index (χ0) is 17.6. The molecular weight excluding hydrogens is 348 g/mol. The van der Waals surface area contributed by atoms with E-state index in [1.165, 1.54) is 5.56 Å². The van der Waals surface area contributed by atoms with E-state index in [0.717, 1.165) is 56.6 Å². The normalized spacial score (nSPS) is 14.2. The van der Waals surface area contributed by atoms with Gasteiger partial charge in [0.25, 0.3) is 5.91 Å². The Morgan fingerprint density at radius 1 is 1.27 bits per heavy atom. The van der Waals surface area contributed by atoms with Crippen LogP contribution in [0.25, 0.3) is 0 Å². The van der Waals surface area contributed by atoms with E-state index in [4.69, 9.17) is 0 Å². The summed E-state index contributed by atoms with van der Waals surface area (Å²) in [6.45, 7) is 6.72. The second-order valence-corrected chi connectivity index (χ2v) is 6.64. The molecule has 0 aliphatic carbocycles. The summed E-state index contributed by atoms with van der Waals surface area (Å²) in [5.74, 6) is 0.0466. The molecule has 0 radical (unpaired) electrons. The van der Waals surface area contributed by atoms with E-state index in [1.54, 1.807) is 0 Å². The topological polar surface area (TPSA) is 61.0 Å². The minimum Gasteiger partial charge on any atom is -0.330 e. The molecular formula is C20H29ClN4O. The van der Waals surface area contributed by atoms with Crippen LogP contribution in [-0.4, -0.2) is 34.1 Å². The number of carbonyl (C=O) groups excluding carboxylic acids is 1. The van der Waals surface area contributed by atoms with Crippen LogP contribution >= 0.6 is 12.4 Å². The summed E-state index contributed by atoms with van der Waals surface area (Å²) in [5, 5.41) is 10.8. The highest BCUT2D eigenvalue weighted by molar-refractivity contribution is 5.94. The lowest BCUT2D eigenvalue weighted by Gasteiger charge is -2.31. The molecule has 1 unspecified atom stereocenters. The SMILES string of the molecule is CCCCN(C(=O)c1n[nH]c2c1CNCC2)C(CC)c1ccccc1.Cl. The van der Waals surface area contributed by atoms with E-state index in [0.29, 0.717) is 5.69 Å². The van der Waals surface area contributed by atoms with Gasteiger partial charge in [0.15, 0.2) is 5.69 Å². The number of benzene rings is 1. The lowest BCUT2D eigenvalue weighted by Crippen LogP contribution is -2.37. The first-order valence-electron chi connectivity index (χ1n) is 9.39. The fourth-order valence-electron chi connectivity index (χ4n) is 3.58. The molecule has 0 saturated carbocycles. The average Bonchev–Trinajstić information content (AvgIpc) is 3.09. The molecule has 0 spiro atoms. The summed E-state index contributed by atoms with van der Waals surface area (Å²) in [6.07, 6.45) is 3.86. The zero-order valence-electron chi connectivity index (χ0n) is 15.6. The molecule has 2 N–H and O–H groups in total. The highest BCUT2D eigenvalue weighted by Crippen LogP contribution is 2.27. The Hall–Kier alpha value is -1.85. The van der Waals surface area contributed by atoms with Crippen LogP contribution in [0.4, 0.5) is 0 Å². The van der Waals surface area contributed by atoms with Crippen molar-refractivity contribution in [3.8, 4) is 0 Å². The number of aromatic nitrogens is 2. The molecule has 5 nitrogen and oxygen atoms in total. The third-order valence-corrected chi connectivity index (χ3v) is 4.97. The minimum atomic E-state index is 0. The van der Waals surface area contributed by atoms with Crippen LogP contribution in [0.2, 0.25) is 0 Å². The summed E-state index contributed by atoms with van der Waals surface area (Å²) in [5.41, 5.74) is 3.93. The number of amides is 1. The van der Waals surface area contributed by atoms with Crippen LogP contribution < -0.4 is 5.32 Å². The maximum atomic E-state index is 13.4. The predicted octanol–water partition coefficient (Wildman–Crippen LogP) is 3.87. The van der Waals surface area contributed by atoms with E-state index in [2.05, 4.69) is 41.5 Å². The number of carbonyl (C=O) groups is 1. The molecule has 142 valence electrons. The van der Waals surface area contributed by atoms with Gasteiger partial charge in [0.2, 0.25) is 0 Å². The van der Waals surface area contributed by atoms with Gasteiger partial charge < -0.3 is 10.2 Å². The van der Waals surface area contributed by atoms with Crippen LogP contribution in [0, 0.1) is 0 Å². The molecule has 1 aromatic carbocycles. The molecule has 2 heterocycles. The highest BCUT2D eigenvalue weighted by Gasteiger charge is 2.29. The Bertz CT molecular complexity index is 701. The Labute approximate surface area is 162 Å². The Balaban J connectivity index is 0.00000243. The number of halogens is 1. The maximum Gasteiger partial charge on any atom is 0.275 e. The van der Waals surface area contributed by atoms with Gasteiger partial charge in [-0.3, -0.25) is 9.89 Å². The van der Waals surface area contributed by atoms with Crippen molar-refractivity contribution in [1.29, 1.82) is 0 Å². The van der Waals surface area contributed by atoms with Crippen molar-refractivity contribution in [2.75, 3.05) is 13.1 Å². The molecule has 0 saturated heterocycles. The molecule has 3 rings (SSSR count). The van der Waals surface area contributed by atoms with Crippen molar-refractivity contribution < 1.29 is 4.79 Å². The first-order valence-corrected chi connectivity index (χ1v) is 9.39. The molecule has 1 amide bonds. The quantitative estimate of drug-likeness (QED) is 0.771. The minimum absolute atomic E-state index is 0. The number of nitrogens with one attached hydrogen (secondary N) is 2. The van der Waals surface area contributed by atoms with Crippen LogP contribution in [-0.2, 0) is 13.0 Å². The van der Waals surface area contributed by atoms with E-state index in [1.807, 2.05) is 23.1 Å². The summed E-state index contributed by atoms with van der Waals surface area (Å²) < 4.78 is 0. The third-order valence-electron chi connectivity index (χ3n) is 4.97. The van der Waals surface area contributed by atoms with Gasteiger partial charge in [0.1, 0.15) is 0 Å². The molecule has 1 atom stereocenters. The van der Waals surface area contributed by atoms with Crippen molar-refractivity contribution in [1.82, 2.24) is 20.4 Å². The van der Waals surface area contributed by atoms with Crippen LogP contribution in [0.3, 0.4) is 0 Å². The fraction of sp³-hybridized carbons (Fsp3) is 0.500. The first kappa shape index (κ1) is 20.5. The van der Waals surface area contributed by atoms with Crippen molar-refractivity contribution in [3.63, 3.8) is 0 Å². The number of unbranched alkanes of at least 4 members (excludes halogenated alkanes) is 1. The summed E-state index contributed by atoms with van der Waals surface area (Å²) >= 11 is 0. The molecule has 1 aliphatic heterocycles. The Kier molecular flexibility index (Phi) is 7.66. The van der Waals surface area contributed by atoms with Crippen molar-refractivity contribution in [2.45, 2.75) is 52.1 Å². The average molecular weight is 377 g/mol. The first-order chi connectivity index (χ1) is 12.3. The number of aromatic amines is 1. The van der Waals surface area contributed by atoms with Crippen LogP contribution in [0.1, 0.15) is 66.5 Å². The van der Waals surface area contributed by atoms with E-state index >= 15 is 0 Å². The molecule has 1 aliphatic rings. The number of hydrogen-bond donors (Lipinski definition) is 2. The molecule has 0 fully saturated rings. The largest absolute Gasteiger partial charge is 0.330 e. The Morgan fingerprint density at radius 2 is 2.04 bits per heavy atom. The van der Waals surface area contributed by atoms with Gasteiger partial charge in [-0.2, -0.15) is 5.10 Å². The summed E-state index contributed by atoms with van der Waals surface area (Å²) in [7, 11) is 0. The molecule has 1 aromatic heterocycles. The smallest absolute Gasteiger partial charge is 0.275 e. The number of hydrogen-bond acceptors (Lipinski definition) is 3. The van der Waals surface area contributed by atoms with Crippen molar-refractivity contribution >= 4 is 18.3 Å². The maximum absolute atomic E-state index is 13.4. The van der Waals surface area contributed by atoms with Crippen molar-refractivity contribution in [3.05, 3.63) is 52.8 Å². The fourth-order valence-corrected chi connectivity index (χ4v) is 3.58. The lowest BCUT2D eigenvalue weighted by molar-refractivity contribution is 0.0659. The number of fused-ring (bicyclic) bond motifs is 1. The van der Waals surface area contributed by atoms with E-state index < -0.39 is 0 Å². The van der Waals surface area contributed by atoms with E-state index in [-0.39, 0.29) is 24.4 Å². The van der Waals surface area contributed by atoms with E-state index in [9.17, 15) is 4.79 Å². The van der Waals surface area contributed by atoms with Gasteiger partial charge in [0.05, 0.1) is 6.04 Å². The summed E-state index contributed by atoms with van der Waals surface area (Å²) in [6, 6.07) is 10.4. The predicted molar refractivity (Wildman–Crippen MR) is 107 cm³/mol. The number of rotatable bonds is 7. The van der Waals surface area contributed by atoms with Crippen molar-refractivity contribution in [2.24, 2.45) is 0 Å². The van der Waals surface area contributed by atoms with Gasteiger partial charge >= 0.3 is 0 Å². The zero-order valence-corrected chi connectivity index (χ0v) is 16.4. The number of nitrogens with zero attached hydrogens (tertiary/aromatic N) is 2. The second-order valence-electron chi connectivity index (χ2n) is 6.64. The number of H-pyrrole nitrogens is 1. The molecule has 0 bridgehead atoms. The van der Waals surface area contributed by atoms with Gasteiger partial charge in [-0.25, -0.2) is 0 Å². The van der Waals surface area contributed by atoms with Gasteiger partial charge in [0, 0.05) is 37.3 Å². The Morgan fingerprint density at radius 3 is 2.73 bits per heavy atom. The molecule has 2 aromatic rings. The van der Waals surface area contributed by atoms with Gasteiger partial charge in [-0.1, -0.05) is 50.6 Å². The lowest BCUT2D eigenvalue weighted by atomic mass is 10.0. The molecule has 6 heteroatoms. The van der Waals surface area contributed by atoms with Gasteiger partial charge in [-0.15, -0.1) is 12.4 Å². The molecule has 26 heavy (non-hydrogen) atoms. The van der Waals surface area contributed by atoms with Gasteiger partial charge in [-0.05, 0) is 18.4 Å². The highest BCUT2D eigenvalue weighted by atomic mass is 35.5.